The van der Waals surface area contributed by atoms with Crippen LogP contribution in [-0.4, -0.2) is 17.6 Å². The van der Waals surface area contributed by atoms with Gasteiger partial charge >= 0.3 is 0 Å². The SMILES string of the molecule is NC(CSC1CCCC1)c1ccc2c(c1)CCO2. The van der Waals surface area contributed by atoms with Crippen molar-refractivity contribution in [3.8, 4) is 5.75 Å². The number of rotatable bonds is 4. The van der Waals surface area contributed by atoms with E-state index in [-0.39, 0.29) is 6.04 Å². The van der Waals surface area contributed by atoms with E-state index in [1.165, 1.54) is 36.8 Å². The van der Waals surface area contributed by atoms with Crippen LogP contribution in [0.25, 0.3) is 0 Å². The molecule has 0 spiro atoms. The zero-order valence-electron chi connectivity index (χ0n) is 10.7. The van der Waals surface area contributed by atoms with Crippen molar-refractivity contribution in [1.82, 2.24) is 0 Å². The summed E-state index contributed by atoms with van der Waals surface area (Å²) in [6.45, 7) is 0.824. The van der Waals surface area contributed by atoms with E-state index in [1.807, 2.05) is 0 Å². The smallest absolute Gasteiger partial charge is 0.122 e. The minimum absolute atomic E-state index is 0.168. The highest BCUT2D eigenvalue weighted by atomic mass is 32.2. The summed E-state index contributed by atoms with van der Waals surface area (Å²) < 4.78 is 5.53. The van der Waals surface area contributed by atoms with Crippen molar-refractivity contribution < 1.29 is 4.74 Å². The molecule has 1 heterocycles. The zero-order chi connectivity index (χ0) is 12.4. The van der Waals surface area contributed by atoms with E-state index in [2.05, 4.69) is 30.0 Å². The Morgan fingerprint density at radius 2 is 2.17 bits per heavy atom. The maximum absolute atomic E-state index is 6.31. The van der Waals surface area contributed by atoms with Gasteiger partial charge in [0.25, 0.3) is 0 Å². The summed E-state index contributed by atoms with van der Waals surface area (Å²) in [6, 6.07) is 6.62. The van der Waals surface area contributed by atoms with Gasteiger partial charge in [0.05, 0.1) is 6.61 Å². The lowest BCUT2D eigenvalue weighted by Gasteiger charge is -2.15. The number of fused-ring (bicyclic) bond motifs is 1. The van der Waals surface area contributed by atoms with Gasteiger partial charge in [-0.1, -0.05) is 25.0 Å². The predicted molar refractivity (Wildman–Crippen MR) is 77.3 cm³/mol. The van der Waals surface area contributed by atoms with Crippen LogP contribution in [0, 0.1) is 0 Å². The number of benzene rings is 1. The molecule has 3 rings (SSSR count). The molecule has 2 N–H and O–H groups in total. The molecule has 1 aliphatic heterocycles. The Morgan fingerprint density at radius 1 is 1.33 bits per heavy atom. The molecule has 2 aliphatic rings. The Labute approximate surface area is 113 Å². The van der Waals surface area contributed by atoms with E-state index >= 15 is 0 Å². The molecule has 18 heavy (non-hydrogen) atoms. The van der Waals surface area contributed by atoms with Crippen LogP contribution in [0.3, 0.4) is 0 Å². The van der Waals surface area contributed by atoms with Gasteiger partial charge in [0.15, 0.2) is 0 Å². The highest BCUT2D eigenvalue weighted by Gasteiger charge is 2.18. The quantitative estimate of drug-likeness (QED) is 0.905. The van der Waals surface area contributed by atoms with Gasteiger partial charge in [-0.3, -0.25) is 0 Å². The molecule has 0 bridgehead atoms. The minimum atomic E-state index is 0.168. The molecule has 0 radical (unpaired) electrons. The van der Waals surface area contributed by atoms with Gasteiger partial charge in [-0.25, -0.2) is 0 Å². The fourth-order valence-electron chi connectivity index (χ4n) is 2.83. The summed E-state index contributed by atoms with van der Waals surface area (Å²) >= 11 is 2.06. The van der Waals surface area contributed by atoms with E-state index in [4.69, 9.17) is 10.5 Å². The topological polar surface area (TPSA) is 35.2 Å². The van der Waals surface area contributed by atoms with Gasteiger partial charge in [-0.2, -0.15) is 11.8 Å². The van der Waals surface area contributed by atoms with Crippen molar-refractivity contribution in [3.63, 3.8) is 0 Å². The van der Waals surface area contributed by atoms with Gasteiger partial charge in [-0.15, -0.1) is 0 Å². The molecule has 1 aromatic carbocycles. The van der Waals surface area contributed by atoms with E-state index < -0.39 is 0 Å². The van der Waals surface area contributed by atoms with Crippen molar-refractivity contribution in [2.45, 2.75) is 43.4 Å². The third-order valence-corrected chi connectivity index (χ3v) is 5.45. The Kier molecular flexibility index (Phi) is 3.80. The summed E-state index contributed by atoms with van der Waals surface area (Å²) in [7, 11) is 0. The van der Waals surface area contributed by atoms with Crippen LogP contribution in [0.5, 0.6) is 5.75 Å². The molecular formula is C15H21NOS. The fraction of sp³-hybridized carbons (Fsp3) is 0.600. The Bertz CT molecular complexity index is 415. The van der Waals surface area contributed by atoms with Gasteiger partial charge in [0.1, 0.15) is 5.75 Å². The van der Waals surface area contributed by atoms with Crippen LogP contribution in [0.2, 0.25) is 0 Å². The number of thioether (sulfide) groups is 1. The molecule has 1 aliphatic carbocycles. The van der Waals surface area contributed by atoms with Crippen LogP contribution in [0.1, 0.15) is 42.9 Å². The Hall–Kier alpha value is -0.670. The third-order valence-electron chi connectivity index (χ3n) is 3.96. The molecule has 0 aromatic heterocycles. The van der Waals surface area contributed by atoms with Crippen LogP contribution >= 0.6 is 11.8 Å². The first-order valence-corrected chi connectivity index (χ1v) is 8.00. The average Bonchev–Trinajstić information content (AvgIpc) is 3.05. The molecule has 98 valence electrons. The molecule has 1 fully saturated rings. The van der Waals surface area contributed by atoms with Crippen molar-refractivity contribution in [2.24, 2.45) is 5.73 Å². The van der Waals surface area contributed by atoms with E-state index in [9.17, 15) is 0 Å². The van der Waals surface area contributed by atoms with E-state index in [1.54, 1.807) is 0 Å². The highest BCUT2D eigenvalue weighted by molar-refractivity contribution is 7.99. The molecule has 1 atom stereocenters. The number of hydrogen-bond donors (Lipinski definition) is 1. The Balaban J connectivity index is 1.59. The molecule has 1 aromatic rings. The van der Waals surface area contributed by atoms with Gasteiger partial charge < -0.3 is 10.5 Å². The van der Waals surface area contributed by atoms with Crippen molar-refractivity contribution in [1.29, 1.82) is 0 Å². The van der Waals surface area contributed by atoms with Crippen LogP contribution in [0.15, 0.2) is 18.2 Å². The van der Waals surface area contributed by atoms with Gasteiger partial charge in [-0.05, 0) is 30.0 Å². The lowest BCUT2D eigenvalue weighted by molar-refractivity contribution is 0.357. The molecule has 2 nitrogen and oxygen atoms in total. The first-order chi connectivity index (χ1) is 8.83. The second-order valence-electron chi connectivity index (χ2n) is 5.31. The monoisotopic (exact) mass is 263 g/mol. The summed E-state index contributed by atoms with van der Waals surface area (Å²) in [5.74, 6) is 2.10. The van der Waals surface area contributed by atoms with Crippen LogP contribution < -0.4 is 10.5 Å². The van der Waals surface area contributed by atoms with Crippen molar-refractivity contribution in [3.05, 3.63) is 29.3 Å². The van der Waals surface area contributed by atoms with Crippen molar-refractivity contribution >= 4 is 11.8 Å². The van der Waals surface area contributed by atoms with E-state index in [0.29, 0.717) is 0 Å². The van der Waals surface area contributed by atoms with Crippen molar-refractivity contribution in [2.75, 3.05) is 12.4 Å². The largest absolute Gasteiger partial charge is 0.493 e. The van der Waals surface area contributed by atoms with Gasteiger partial charge in [0, 0.05) is 23.5 Å². The molecule has 0 saturated heterocycles. The summed E-state index contributed by atoms with van der Waals surface area (Å²) in [5.41, 5.74) is 8.90. The normalized spacial score (nSPS) is 20.7. The lowest BCUT2D eigenvalue weighted by atomic mass is 10.0. The zero-order valence-corrected chi connectivity index (χ0v) is 11.5. The lowest BCUT2D eigenvalue weighted by Crippen LogP contribution is -2.15. The molecule has 3 heteroatoms. The average molecular weight is 263 g/mol. The summed E-state index contributed by atoms with van der Waals surface area (Å²) in [5, 5.41) is 0.855. The van der Waals surface area contributed by atoms with Crippen LogP contribution in [0.4, 0.5) is 0 Å². The van der Waals surface area contributed by atoms with Gasteiger partial charge in [0.2, 0.25) is 0 Å². The minimum Gasteiger partial charge on any atom is -0.493 e. The summed E-state index contributed by atoms with van der Waals surface area (Å²) in [4.78, 5) is 0. The molecular weight excluding hydrogens is 242 g/mol. The summed E-state index contributed by atoms with van der Waals surface area (Å²) in [6.07, 6.45) is 6.61. The maximum atomic E-state index is 6.31. The molecule has 0 amide bonds. The maximum Gasteiger partial charge on any atom is 0.122 e. The fourth-order valence-corrected chi connectivity index (χ4v) is 4.17. The van der Waals surface area contributed by atoms with Crippen LogP contribution in [-0.2, 0) is 6.42 Å². The predicted octanol–water partition coefficient (Wildman–Crippen LogP) is 3.30. The second-order valence-corrected chi connectivity index (χ2v) is 6.65. The van der Waals surface area contributed by atoms with E-state index in [0.717, 1.165) is 29.8 Å². The second kappa shape index (κ2) is 5.54. The number of nitrogens with two attached hydrogens (primary N) is 1. The number of hydrogen-bond acceptors (Lipinski definition) is 3. The first-order valence-electron chi connectivity index (χ1n) is 6.96. The number of ether oxygens (including phenoxy) is 1. The Morgan fingerprint density at radius 3 is 3.00 bits per heavy atom. The standard InChI is InChI=1S/C15H21NOS/c16-14(10-18-13-3-1-2-4-13)11-5-6-15-12(9-11)7-8-17-15/h5-6,9,13-14H,1-4,7-8,10,16H2. The molecule has 1 unspecified atom stereocenters. The highest BCUT2D eigenvalue weighted by Crippen LogP contribution is 2.33. The first kappa shape index (κ1) is 12.4. The molecule has 1 saturated carbocycles. The third kappa shape index (κ3) is 2.67.